The van der Waals surface area contributed by atoms with Crippen LogP contribution in [-0.2, 0) is 9.53 Å². The van der Waals surface area contributed by atoms with E-state index in [1.165, 1.54) is 31.3 Å². The van der Waals surface area contributed by atoms with Crippen LogP contribution in [0.5, 0.6) is 0 Å². The summed E-state index contributed by atoms with van der Waals surface area (Å²) >= 11 is 0. The zero-order valence-corrected chi connectivity index (χ0v) is 13.7. The van der Waals surface area contributed by atoms with E-state index in [-0.39, 0.29) is 17.1 Å². The van der Waals surface area contributed by atoms with E-state index in [2.05, 4.69) is 10.3 Å². The number of aromatic nitrogens is 2. The van der Waals surface area contributed by atoms with E-state index in [4.69, 9.17) is 4.74 Å². The zero-order valence-electron chi connectivity index (χ0n) is 13.7. The Morgan fingerprint density at radius 3 is 2.69 bits per heavy atom. The van der Waals surface area contributed by atoms with Gasteiger partial charge in [-0.3, -0.25) is 14.9 Å². The van der Waals surface area contributed by atoms with Crippen LogP contribution < -0.4 is 5.32 Å². The molecular formula is C17H14N4O5. The number of benzene rings is 1. The lowest BCUT2D eigenvalue weighted by molar-refractivity contribution is -0.383. The Balaban J connectivity index is 1.69. The number of carbonyl (C=O) groups is 2. The molecule has 0 bridgehead atoms. The minimum absolute atomic E-state index is 0.0260. The highest BCUT2D eigenvalue weighted by Gasteiger charge is 2.23. The number of nitrogens with zero attached hydrogens (tertiary/aromatic N) is 3. The number of anilines is 1. The highest BCUT2D eigenvalue weighted by Crippen LogP contribution is 2.23. The van der Waals surface area contributed by atoms with Gasteiger partial charge in [0.1, 0.15) is 11.3 Å². The second kappa shape index (κ2) is 7.01. The molecule has 2 aromatic heterocycles. The molecule has 1 N–H and O–H groups in total. The Labute approximate surface area is 147 Å². The molecule has 0 saturated carbocycles. The standard InChI is InChI=1S/C17H14N4O5/c1-11(16(22)19-12-6-2-3-7-14(12)21(24)25)26-17(23)13-10-20-9-5-4-8-15(20)18-13/h2-11H,1H3,(H,19,22)/t11-/m0/s1. The molecule has 0 aliphatic rings. The number of nitro groups is 1. The van der Waals surface area contributed by atoms with Gasteiger partial charge in [-0.05, 0) is 25.1 Å². The number of rotatable bonds is 5. The summed E-state index contributed by atoms with van der Waals surface area (Å²) in [5.74, 6) is -1.45. The molecule has 0 aliphatic carbocycles. The van der Waals surface area contributed by atoms with E-state index in [9.17, 15) is 19.7 Å². The Bertz CT molecular complexity index is 964. The maximum Gasteiger partial charge on any atom is 0.359 e. The van der Waals surface area contributed by atoms with Gasteiger partial charge in [0, 0.05) is 18.5 Å². The van der Waals surface area contributed by atoms with Gasteiger partial charge in [0.2, 0.25) is 0 Å². The van der Waals surface area contributed by atoms with Crippen LogP contribution >= 0.6 is 0 Å². The lowest BCUT2D eigenvalue weighted by atomic mass is 10.2. The van der Waals surface area contributed by atoms with Crippen molar-refractivity contribution in [1.82, 2.24) is 9.38 Å². The Morgan fingerprint density at radius 1 is 1.23 bits per heavy atom. The van der Waals surface area contributed by atoms with Crippen molar-refractivity contribution in [3.8, 4) is 0 Å². The fourth-order valence-corrected chi connectivity index (χ4v) is 2.28. The molecule has 0 radical (unpaired) electrons. The summed E-state index contributed by atoms with van der Waals surface area (Å²) in [6.07, 6.45) is 2.06. The topological polar surface area (TPSA) is 116 Å². The molecule has 0 saturated heterocycles. The van der Waals surface area contributed by atoms with E-state index < -0.39 is 22.9 Å². The third kappa shape index (κ3) is 3.51. The number of esters is 1. The molecule has 1 atom stereocenters. The largest absolute Gasteiger partial charge is 0.448 e. The molecular weight excluding hydrogens is 340 g/mol. The SMILES string of the molecule is C[C@H](OC(=O)c1cn2ccccc2n1)C(=O)Nc1ccccc1[N+](=O)[O-]. The van der Waals surface area contributed by atoms with Crippen molar-refractivity contribution < 1.29 is 19.2 Å². The van der Waals surface area contributed by atoms with Crippen LogP contribution in [0.25, 0.3) is 5.65 Å². The first-order valence-electron chi connectivity index (χ1n) is 7.64. The molecule has 0 aliphatic heterocycles. The number of carbonyl (C=O) groups excluding carboxylic acids is 2. The first-order chi connectivity index (χ1) is 12.5. The van der Waals surface area contributed by atoms with Crippen molar-refractivity contribution in [2.45, 2.75) is 13.0 Å². The second-order valence-corrected chi connectivity index (χ2v) is 5.40. The normalized spacial score (nSPS) is 11.7. The number of hydrogen-bond acceptors (Lipinski definition) is 6. The van der Waals surface area contributed by atoms with Crippen LogP contribution in [0.2, 0.25) is 0 Å². The smallest absolute Gasteiger partial charge is 0.359 e. The van der Waals surface area contributed by atoms with Crippen LogP contribution in [0, 0.1) is 10.1 Å². The molecule has 9 heteroatoms. The van der Waals surface area contributed by atoms with E-state index in [0.29, 0.717) is 5.65 Å². The number of para-hydroxylation sites is 2. The minimum atomic E-state index is -1.16. The predicted molar refractivity (Wildman–Crippen MR) is 91.8 cm³/mol. The van der Waals surface area contributed by atoms with Crippen molar-refractivity contribution in [2.24, 2.45) is 0 Å². The fraction of sp³-hybridized carbons (Fsp3) is 0.118. The van der Waals surface area contributed by atoms with Crippen molar-refractivity contribution in [1.29, 1.82) is 0 Å². The van der Waals surface area contributed by atoms with E-state index in [1.807, 2.05) is 0 Å². The summed E-state index contributed by atoms with van der Waals surface area (Å²) in [4.78, 5) is 38.8. The quantitative estimate of drug-likeness (QED) is 0.427. The number of hydrogen-bond donors (Lipinski definition) is 1. The zero-order chi connectivity index (χ0) is 18.7. The Kier molecular flexibility index (Phi) is 4.61. The van der Waals surface area contributed by atoms with Gasteiger partial charge in [-0.1, -0.05) is 18.2 Å². The monoisotopic (exact) mass is 354 g/mol. The summed E-state index contributed by atoms with van der Waals surface area (Å²) in [5.41, 5.74) is 0.399. The van der Waals surface area contributed by atoms with E-state index in [1.54, 1.807) is 34.9 Å². The van der Waals surface area contributed by atoms with Crippen LogP contribution in [0.3, 0.4) is 0 Å². The highest BCUT2D eigenvalue weighted by atomic mass is 16.6. The summed E-state index contributed by atoms with van der Waals surface area (Å²) in [5, 5.41) is 13.4. The van der Waals surface area contributed by atoms with Crippen LogP contribution in [0.4, 0.5) is 11.4 Å². The van der Waals surface area contributed by atoms with Gasteiger partial charge in [-0.2, -0.15) is 0 Å². The van der Waals surface area contributed by atoms with Crippen molar-refractivity contribution in [3.63, 3.8) is 0 Å². The van der Waals surface area contributed by atoms with Crippen LogP contribution in [-0.4, -0.2) is 32.3 Å². The Morgan fingerprint density at radius 2 is 1.96 bits per heavy atom. The highest BCUT2D eigenvalue weighted by molar-refractivity contribution is 5.98. The van der Waals surface area contributed by atoms with Gasteiger partial charge in [0.05, 0.1) is 4.92 Å². The molecule has 0 fully saturated rings. The fourth-order valence-electron chi connectivity index (χ4n) is 2.28. The molecule has 3 aromatic rings. The van der Waals surface area contributed by atoms with Gasteiger partial charge in [0.25, 0.3) is 11.6 Å². The molecule has 0 spiro atoms. The molecule has 9 nitrogen and oxygen atoms in total. The molecule has 1 aromatic carbocycles. The Hall–Kier alpha value is -3.75. The van der Waals surface area contributed by atoms with Gasteiger partial charge in [-0.15, -0.1) is 0 Å². The first kappa shape index (κ1) is 17.1. The summed E-state index contributed by atoms with van der Waals surface area (Å²) in [7, 11) is 0. The molecule has 2 heterocycles. The summed E-state index contributed by atoms with van der Waals surface area (Å²) < 4.78 is 6.75. The number of pyridine rings is 1. The molecule has 0 unspecified atom stereocenters. The number of nitrogens with one attached hydrogen (secondary N) is 1. The van der Waals surface area contributed by atoms with Crippen molar-refractivity contribution >= 4 is 28.9 Å². The maximum atomic E-state index is 12.2. The minimum Gasteiger partial charge on any atom is -0.448 e. The predicted octanol–water partition coefficient (Wildman–Crippen LogP) is 2.43. The van der Waals surface area contributed by atoms with E-state index in [0.717, 1.165) is 0 Å². The van der Waals surface area contributed by atoms with Crippen LogP contribution in [0.15, 0.2) is 54.9 Å². The van der Waals surface area contributed by atoms with Crippen molar-refractivity contribution in [3.05, 3.63) is 70.7 Å². The average Bonchev–Trinajstić information content (AvgIpc) is 3.06. The lowest BCUT2D eigenvalue weighted by Crippen LogP contribution is -2.30. The second-order valence-electron chi connectivity index (χ2n) is 5.40. The third-order valence-corrected chi connectivity index (χ3v) is 3.58. The maximum absolute atomic E-state index is 12.2. The number of ether oxygens (including phenoxy) is 1. The number of imidazole rings is 1. The van der Waals surface area contributed by atoms with Gasteiger partial charge < -0.3 is 14.5 Å². The van der Waals surface area contributed by atoms with Gasteiger partial charge >= 0.3 is 5.97 Å². The molecule has 132 valence electrons. The molecule has 3 rings (SSSR count). The van der Waals surface area contributed by atoms with Gasteiger partial charge in [0.15, 0.2) is 11.8 Å². The van der Waals surface area contributed by atoms with Crippen LogP contribution in [0.1, 0.15) is 17.4 Å². The van der Waals surface area contributed by atoms with Crippen molar-refractivity contribution in [2.75, 3.05) is 5.32 Å². The molecule has 26 heavy (non-hydrogen) atoms. The first-order valence-corrected chi connectivity index (χ1v) is 7.64. The summed E-state index contributed by atoms with van der Waals surface area (Å²) in [6.45, 7) is 1.37. The summed E-state index contributed by atoms with van der Waals surface area (Å²) in [6, 6.07) is 11.0. The van der Waals surface area contributed by atoms with Gasteiger partial charge in [-0.25, -0.2) is 9.78 Å². The molecule has 1 amide bonds. The average molecular weight is 354 g/mol. The third-order valence-electron chi connectivity index (χ3n) is 3.58. The number of amides is 1. The van der Waals surface area contributed by atoms with E-state index >= 15 is 0 Å². The number of nitro benzene ring substituents is 1. The lowest BCUT2D eigenvalue weighted by Gasteiger charge is -2.12. The number of fused-ring (bicyclic) bond motifs is 1.